The van der Waals surface area contributed by atoms with Crippen molar-refractivity contribution in [1.29, 1.82) is 0 Å². The average Bonchev–Trinajstić information content (AvgIpc) is 3.26. The van der Waals surface area contributed by atoms with E-state index in [0.717, 1.165) is 22.8 Å². The van der Waals surface area contributed by atoms with Gasteiger partial charge in [0.2, 0.25) is 0 Å². The predicted molar refractivity (Wildman–Crippen MR) is 97.1 cm³/mol. The fraction of sp³-hybridized carbons (Fsp3) is 0.421. The van der Waals surface area contributed by atoms with Crippen LogP contribution >= 0.6 is 23.1 Å². The molecule has 0 amide bonds. The SMILES string of the molecule is O=c1[nH]c2c(s1)[C@H](/C=C/c1ccccc1)[C@H]1[C@@H]3CC[C@@H](C3)[C@H]1S2. The highest BCUT2D eigenvalue weighted by Crippen LogP contribution is 2.62. The second-order valence-corrected chi connectivity index (χ2v) is 9.20. The van der Waals surface area contributed by atoms with Crippen LogP contribution in [0.25, 0.3) is 6.08 Å². The van der Waals surface area contributed by atoms with Crippen molar-refractivity contribution in [3.63, 3.8) is 0 Å². The van der Waals surface area contributed by atoms with Crippen LogP contribution in [0.1, 0.15) is 35.6 Å². The van der Waals surface area contributed by atoms with Crippen LogP contribution in [-0.4, -0.2) is 10.2 Å². The Balaban J connectivity index is 1.56. The molecule has 0 radical (unpaired) electrons. The number of thiazole rings is 1. The van der Waals surface area contributed by atoms with Gasteiger partial charge in [-0.15, -0.1) is 11.8 Å². The lowest BCUT2D eigenvalue weighted by Crippen LogP contribution is -2.32. The van der Waals surface area contributed by atoms with Gasteiger partial charge in [-0.2, -0.15) is 0 Å². The number of allylic oxidation sites excluding steroid dienone is 1. The summed E-state index contributed by atoms with van der Waals surface area (Å²) < 4.78 is 0. The van der Waals surface area contributed by atoms with E-state index in [2.05, 4.69) is 47.5 Å². The highest BCUT2D eigenvalue weighted by atomic mass is 32.2. The van der Waals surface area contributed by atoms with Crippen molar-refractivity contribution in [2.45, 2.75) is 35.5 Å². The summed E-state index contributed by atoms with van der Waals surface area (Å²) in [6, 6.07) is 10.5. The molecule has 2 fully saturated rings. The quantitative estimate of drug-likeness (QED) is 0.855. The molecule has 4 heteroatoms. The van der Waals surface area contributed by atoms with Gasteiger partial charge in [-0.1, -0.05) is 53.8 Å². The lowest BCUT2D eigenvalue weighted by molar-refractivity contribution is 0.312. The highest BCUT2D eigenvalue weighted by Gasteiger charge is 2.53. The molecule has 2 nitrogen and oxygen atoms in total. The topological polar surface area (TPSA) is 32.9 Å². The van der Waals surface area contributed by atoms with Gasteiger partial charge in [0.1, 0.15) is 0 Å². The van der Waals surface area contributed by atoms with Crippen LogP contribution < -0.4 is 4.87 Å². The average molecular weight is 342 g/mol. The molecule has 5 atom stereocenters. The molecule has 2 bridgehead atoms. The number of aromatic amines is 1. The molecule has 1 aromatic carbocycles. The number of aromatic nitrogens is 1. The van der Waals surface area contributed by atoms with Gasteiger partial charge in [0, 0.05) is 16.0 Å². The molecule has 23 heavy (non-hydrogen) atoms. The van der Waals surface area contributed by atoms with Crippen LogP contribution in [-0.2, 0) is 0 Å². The van der Waals surface area contributed by atoms with Crippen LogP contribution in [0.15, 0.2) is 46.2 Å². The van der Waals surface area contributed by atoms with Gasteiger partial charge >= 0.3 is 4.87 Å². The zero-order valence-electron chi connectivity index (χ0n) is 12.8. The molecule has 0 unspecified atom stereocenters. The Morgan fingerprint density at radius 1 is 1.13 bits per heavy atom. The van der Waals surface area contributed by atoms with Crippen LogP contribution in [0.4, 0.5) is 0 Å². The third-order valence-corrected chi connectivity index (χ3v) is 8.45. The number of hydrogen-bond acceptors (Lipinski definition) is 3. The largest absolute Gasteiger partial charge is 0.307 e. The van der Waals surface area contributed by atoms with Gasteiger partial charge in [-0.3, -0.25) is 4.79 Å². The van der Waals surface area contributed by atoms with Crippen LogP contribution in [0.3, 0.4) is 0 Å². The van der Waals surface area contributed by atoms with Crippen molar-refractivity contribution < 1.29 is 0 Å². The number of nitrogens with one attached hydrogen (secondary N) is 1. The first-order valence-electron chi connectivity index (χ1n) is 8.42. The summed E-state index contributed by atoms with van der Waals surface area (Å²) in [5.41, 5.74) is 1.25. The predicted octanol–water partition coefficient (Wildman–Crippen LogP) is 4.75. The first kappa shape index (κ1) is 14.1. The van der Waals surface area contributed by atoms with Crippen molar-refractivity contribution in [3.05, 3.63) is 56.5 Å². The Hall–Kier alpha value is -1.26. The van der Waals surface area contributed by atoms with E-state index in [-0.39, 0.29) is 4.87 Å². The van der Waals surface area contributed by atoms with E-state index in [1.54, 1.807) is 0 Å². The molecule has 3 aliphatic rings. The molecule has 0 saturated heterocycles. The summed E-state index contributed by atoms with van der Waals surface area (Å²) in [4.78, 5) is 16.4. The summed E-state index contributed by atoms with van der Waals surface area (Å²) in [5.74, 6) is 2.85. The Bertz CT molecular complexity index is 806. The molecule has 1 aliphatic heterocycles. The molecule has 2 saturated carbocycles. The normalized spacial score (nSPS) is 34.7. The number of hydrogen-bond donors (Lipinski definition) is 1. The Kier molecular flexibility index (Phi) is 3.30. The molecule has 2 aliphatic carbocycles. The maximum Gasteiger partial charge on any atom is 0.305 e. The summed E-state index contributed by atoms with van der Waals surface area (Å²) in [7, 11) is 0. The minimum absolute atomic E-state index is 0.105. The molecular formula is C19H19NOS2. The van der Waals surface area contributed by atoms with E-state index in [9.17, 15) is 4.79 Å². The maximum atomic E-state index is 11.9. The molecule has 1 N–H and O–H groups in total. The molecule has 2 heterocycles. The van der Waals surface area contributed by atoms with E-state index >= 15 is 0 Å². The van der Waals surface area contributed by atoms with E-state index in [0.29, 0.717) is 11.2 Å². The number of rotatable bonds is 2. The first-order chi connectivity index (χ1) is 11.3. The second-order valence-electron chi connectivity index (χ2n) is 7.00. The zero-order valence-corrected chi connectivity index (χ0v) is 14.4. The van der Waals surface area contributed by atoms with Gasteiger partial charge < -0.3 is 4.98 Å². The van der Waals surface area contributed by atoms with Crippen LogP contribution in [0.2, 0.25) is 0 Å². The number of H-pyrrole nitrogens is 1. The Labute approximate surface area is 144 Å². The summed E-state index contributed by atoms with van der Waals surface area (Å²) in [5, 5.41) is 1.86. The van der Waals surface area contributed by atoms with Gasteiger partial charge in [0.15, 0.2) is 0 Å². The van der Waals surface area contributed by atoms with E-state index in [1.807, 2.05) is 11.8 Å². The monoisotopic (exact) mass is 341 g/mol. The summed E-state index contributed by atoms with van der Waals surface area (Å²) >= 11 is 3.38. The Morgan fingerprint density at radius 2 is 1.96 bits per heavy atom. The lowest BCUT2D eigenvalue weighted by atomic mass is 9.77. The smallest absolute Gasteiger partial charge is 0.305 e. The standard InChI is InChI=1S/C19H19NOS2/c21-19-20-18-17(23-19)14(9-6-11-4-2-1-3-5-11)15-12-7-8-13(10-12)16(15)22-18/h1-6,9,12-16H,7-8,10H2,(H,20,21)/b9-6+/t12-,13+,14-,15-,16-/m1/s1. The number of fused-ring (bicyclic) bond motifs is 6. The maximum absolute atomic E-state index is 11.9. The first-order valence-corrected chi connectivity index (χ1v) is 10.1. The second kappa shape index (κ2) is 5.38. The third kappa shape index (κ3) is 2.26. The van der Waals surface area contributed by atoms with Gasteiger partial charge in [-0.05, 0) is 42.6 Å². The molecule has 2 aromatic rings. The van der Waals surface area contributed by atoms with Crippen molar-refractivity contribution in [2.75, 3.05) is 0 Å². The summed E-state index contributed by atoms with van der Waals surface area (Å²) in [6.07, 6.45) is 8.79. The van der Waals surface area contributed by atoms with Crippen molar-refractivity contribution in [3.8, 4) is 0 Å². The van der Waals surface area contributed by atoms with Crippen LogP contribution in [0.5, 0.6) is 0 Å². The van der Waals surface area contributed by atoms with Crippen molar-refractivity contribution >= 4 is 29.2 Å². The van der Waals surface area contributed by atoms with E-state index in [1.165, 1.54) is 41.0 Å². The van der Waals surface area contributed by atoms with Crippen molar-refractivity contribution in [2.24, 2.45) is 17.8 Å². The van der Waals surface area contributed by atoms with E-state index in [4.69, 9.17) is 0 Å². The zero-order chi connectivity index (χ0) is 15.4. The molecule has 118 valence electrons. The summed E-state index contributed by atoms with van der Waals surface area (Å²) in [6.45, 7) is 0. The molecule has 1 aromatic heterocycles. The van der Waals surface area contributed by atoms with Crippen molar-refractivity contribution in [1.82, 2.24) is 4.98 Å². The fourth-order valence-corrected chi connectivity index (χ4v) is 7.76. The van der Waals surface area contributed by atoms with Gasteiger partial charge in [0.25, 0.3) is 0 Å². The lowest BCUT2D eigenvalue weighted by Gasteiger charge is -2.38. The molecule has 0 spiro atoms. The van der Waals surface area contributed by atoms with E-state index < -0.39 is 0 Å². The number of benzene rings is 1. The third-order valence-electron chi connectivity index (χ3n) is 5.81. The van der Waals surface area contributed by atoms with Crippen LogP contribution in [0, 0.1) is 17.8 Å². The van der Waals surface area contributed by atoms with Gasteiger partial charge in [-0.25, -0.2) is 0 Å². The highest BCUT2D eigenvalue weighted by molar-refractivity contribution is 8.00. The molecule has 5 rings (SSSR count). The fourth-order valence-electron chi connectivity index (χ4n) is 4.89. The Morgan fingerprint density at radius 3 is 2.83 bits per heavy atom. The number of thioether (sulfide) groups is 1. The molecular weight excluding hydrogens is 322 g/mol. The minimum atomic E-state index is 0.105. The van der Waals surface area contributed by atoms with Gasteiger partial charge in [0.05, 0.1) is 5.03 Å². The minimum Gasteiger partial charge on any atom is -0.307 e.